The second-order valence-corrected chi connectivity index (χ2v) is 5.81. The first-order chi connectivity index (χ1) is 11.3. The summed E-state index contributed by atoms with van der Waals surface area (Å²) in [5, 5.41) is 2.88. The predicted octanol–water partition coefficient (Wildman–Crippen LogP) is 2.36. The van der Waals surface area contributed by atoms with Crippen molar-refractivity contribution in [2.24, 2.45) is 0 Å². The van der Waals surface area contributed by atoms with Crippen LogP contribution in [0.5, 0.6) is 5.75 Å². The van der Waals surface area contributed by atoms with Crippen LogP contribution in [0.4, 0.5) is 0 Å². The number of carbonyl (C=O) groups is 2. The Morgan fingerprint density at radius 3 is 2.83 bits per heavy atom. The number of amides is 2. The highest BCUT2D eigenvalue weighted by Gasteiger charge is 2.15. The van der Waals surface area contributed by atoms with E-state index in [2.05, 4.69) is 5.32 Å². The molecule has 0 aromatic heterocycles. The van der Waals surface area contributed by atoms with Gasteiger partial charge in [0.25, 0.3) is 0 Å². The third-order valence-corrected chi connectivity index (χ3v) is 3.94. The van der Waals surface area contributed by atoms with Crippen LogP contribution in [0, 0.1) is 0 Å². The molecule has 5 nitrogen and oxygen atoms in total. The van der Waals surface area contributed by atoms with Gasteiger partial charge in [-0.2, -0.15) is 0 Å². The Bertz CT molecular complexity index is 490. The zero-order valence-electron chi connectivity index (χ0n) is 13.6. The fraction of sp³-hybridized carbons (Fsp3) is 0.556. The summed E-state index contributed by atoms with van der Waals surface area (Å²) in [6.07, 6.45) is 5.06. The molecule has 0 unspecified atom stereocenters. The van der Waals surface area contributed by atoms with Gasteiger partial charge in [0.2, 0.25) is 11.8 Å². The quantitative estimate of drug-likeness (QED) is 0.749. The van der Waals surface area contributed by atoms with Crippen molar-refractivity contribution in [2.45, 2.75) is 38.5 Å². The van der Waals surface area contributed by atoms with Gasteiger partial charge in [0.05, 0.1) is 13.0 Å². The smallest absolute Gasteiger partial charge is 0.223 e. The number of hydrogen-bond donors (Lipinski definition) is 1. The second-order valence-electron chi connectivity index (χ2n) is 5.81. The van der Waals surface area contributed by atoms with Crippen LogP contribution in [0.1, 0.15) is 38.5 Å². The third-order valence-electron chi connectivity index (χ3n) is 3.94. The van der Waals surface area contributed by atoms with Crippen molar-refractivity contribution in [2.75, 3.05) is 26.2 Å². The third kappa shape index (κ3) is 6.72. The molecule has 0 bridgehead atoms. The summed E-state index contributed by atoms with van der Waals surface area (Å²) in [4.78, 5) is 25.5. The molecule has 2 rings (SSSR count). The molecule has 1 aromatic carbocycles. The van der Waals surface area contributed by atoms with Gasteiger partial charge in [0.15, 0.2) is 0 Å². The summed E-state index contributed by atoms with van der Waals surface area (Å²) in [5.41, 5.74) is 0. The van der Waals surface area contributed by atoms with Gasteiger partial charge in [0, 0.05) is 26.1 Å². The molecule has 1 heterocycles. The van der Waals surface area contributed by atoms with E-state index in [9.17, 15) is 9.59 Å². The molecule has 1 aromatic rings. The molecular formula is C18H26N2O3. The van der Waals surface area contributed by atoms with Crippen LogP contribution in [0.3, 0.4) is 0 Å². The first-order valence-electron chi connectivity index (χ1n) is 8.48. The number of benzene rings is 1. The van der Waals surface area contributed by atoms with Gasteiger partial charge in [-0.1, -0.05) is 24.6 Å². The molecule has 0 aliphatic carbocycles. The summed E-state index contributed by atoms with van der Waals surface area (Å²) in [6, 6.07) is 9.47. The monoisotopic (exact) mass is 318 g/mol. The van der Waals surface area contributed by atoms with Crippen LogP contribution in [-0.2, 0) is 9.59 Å². The Morgan fingerprint density at radius 1 is 1.17 bits per heavy atom. The van der Waals surface area contributed by atoms with E-state index >= 15 is 0 Å². The molecule has 1 aliphatic rings. The molecule has 126 valence electrons. The minimum atomic E-state index is -0.0110. The number of rotatable bonds is 8. The van der Waals surface area contributed by atoms with E-state index in [0.717, 1.165) is 44.5 Å². The van der Waals surface area contributed by atoms with E-state index in [0.29, 0.717) is 26.0 Å². The summed E-state index contributed by atoms with van der Waals surface area (Å²) >= 11 is 0. The summed E-state index contributed by atoms with van der Waals surface area (Å²) in [5.74, 6) is 1.02. The summed E-state index contributed by atoms with van der Waals surface area (Å²) < 4.78 is 5.49. The maximum atomic E-state index is 11.8. The number of ether oxygens (including phenoxy) is 1. The highest BCUT2D eigenvalue weighted by molar-refractivity contribution is 5.76. The molecule has 23 heavy (non-hydrogen) atoms. The molecule has 0 saturated carbocycles. The predicted molar refractivity (Wildman–Crippen MR) is 89.2 cm³/mol. The van der Waals surface area contributed by atoms with Crippen LogP contribution in [0.25, 0.3) is 0 Å². The largest absolute Gasteiger partial charge is 0.493 e. The molecule has 0 spiro atoms. The number of likely N-dealkylation sites (tertiary alicyclic amines) is 1. The van der Waals surface area contributed by atoms with E-state index in [-0.39, 0.29) is 11.8 Å². The zero-order valence-corrected chi connectivity index (χ0v) is 13.6. The highest BCUT2D eigenvalue weighted by Crippen LogP contribution is 2.11. The Balaban J connectivity index is 1.53. The van der Waals surface area contributed by atoms with Crippen molar-refractivity contribution in [1.82, 2.24) is 10.2 Å². The van der Waals surface area contributed by atoms with Crippen LogP contribution < -0.4 is 10.1 Å². The number of para-hydroxylation sites is 1. The van der Waals surface area contributed by atoms with Crippen LogP contribution in [-0.4, -0.2) is 43.0 Å². The van der Waals surface area contributed by atoms with E-state index in [1.54, 1.807) is 0 Å². The standard InChI is InChI=1S/C18H26N2O3/c21-17(11-15-23-16-8-3-1-4-9-16)19-12-7-14-20-13-6-2-5-10-18(20)22/h1,3-4,8-9H,2,5-7,10-15H2,(H,19,21). The normalized spacial score (nSPS) is 15.1. The van der Waals surface area contributed by atoms with E-state index in [1.807, 2.05) is 35.2 Å². The van der Waals surface area contributed by atoms with Crippen LogP contribution in [0.15, 0.2) is 30.3 Å². The minimum absolute atomic E-state index is 0.0110. The lowest BCUT2D eigenvalue weighted by Gasteiger charge is -2.20. The molecule has 0 atom stereocenters. The average Bonchev–Trinajstić information content (AvgIpc) is 2.77. The summed E-state index contributed by atoms with van der Waals surface area (Å²) in [7, 11) is 0. The first kappa shape index (κ1) is 17.3. The average molecular weight is 318 g/mol. The number of nitrogens with zero attached hydrogens (tertiary/aromatic N) is 1. The van der Waals surface area contributed by atoms with Gasteiger partial charge >= 0.3 is 0 Å². The van der Waals surface area contributed by atoms with Crippen LogP contribution in [0.2, 0.25) is 0 Å². The zero-order chi connectivity index (χ0) is 16.3. The van der Waals surface area contributed by atoms with Crippen molar-refractivity contribution in [3.05, 3.63) is 30.3 Å². The molecular weight excluding hydrogens is 292 g/mol. The van der Waals surface area contributed by atoms with Gasteiger partial charge in [-0.05, 0) is 31.4 Å². The lowest BCUT2D eigenvalue weighted by Crippen LogP contribution is -2.34. The fourth-order valence-corrected chi connectivity index (χ4v) is 2.64. The van der Waals surface area contributed by atoms with Crippen molar-refractivity contribution in [3.8, 4) is 5.75 Å². The maximum Gasteiger partial charge on any atom is 0.223 e. The molecule has 5 heteroatoms. The lowest BCUT2D eigenvalue weighted by molar-refractivity contribution is -0.130. The van der Waals surface area contributed by atoms with Gasteiger partial charge in [0.1, 0.15) is 5.75 Å². The van der Waals surface area contributed by atoms with E-state index < -0.39 is 0 Å². The summed E-state index contributed by atoms with van der Waals surface area (Å²) in [6.45, 7) is 2.58. The van der Waals surface area contributed by atoms with Crippen LogP contribution >= 0.6 is 0 Å². The number of nitrogens with one attached hydrogen (secondary N) is 1. The molecule has 1 aliphatic heterocycles. The van der Waals surface area contributed by atoms with Gasteiger partial charge < -0.3 is 15.0 Å². The van der Waals surface area contributed by atoms with Gasteiger partial charge in [-0.3, -0.25) is 9.59 Å². The fourth-order valence-electron chi connectivity index (χ4n) is 2.64. The Labute approximate surface area is 138 Å². The Morgan fingerprint density at radius 2 is 2.00 bits per heavy atom. The Hall–Kier alpha value is -2.04. The first-order valence-corrected chi connectivity index (χ1v) is 8.48. The van der Waals surface area contributed by atoms with Crippen molar-refractivity contribution in [3.63, 3.8) is 0 Å². The molecule has 1 saturated heterocycles. The molecule has 0 radical (unpaired) electrons. The van der Waals surface area contributed by atoms with Crippen molar-refractivity contribution in [1.29, 1.82) is 0 Å². The molecule has 1 fully saturated rings. The lowest BCUT2D eigenvalue weighted by atomic mass is 10.2. The molecule has 2 amide bonds. The topological polar surface area (TPSA) is 58.6 Å². The second kappa shape index (κ2) is 9.87. The van der Waals surface area contributed by atoms with Gasteiger partial charge in [-0.15, -0.1) is 0 Å². The van der Waals surface area contributed by atoms with Crippen molar-refractivity contribution < 1.29 is 14.3 Å². The molecule has 1 N–H and O–H groups in total. The SMILES string of the molecule is O=C(CCOc1ccccc1)NCCCN1CCCCCC1=O. The van der Waals surface area contributed by atoms with E-state index in [1.165, 1.54) is 0 Å². The van der Waals surface area contributed by atoms with Crippen molar-refractivity contribution >= 4 is 11.8 Å². The van der Waals surface area contributed by atoms with E-state index in [4.69, 9.17) is 4.74 Å². The van der Waals surface area contributed by atoms with Gasteiger partial charge in [-0.25, -0.2) is 0 Å². The Kier molecular flexibility index (Phi) is 7.43. The number of hydrogen-bond acceptors (Lipinski definition) is 3. The maximum absolute atomic E-state index is 11.8. The highest BCUT2D eigenvalue weighted by atomic mass is 16.5. The minimum Gasteiger partial charge on any atom is -0.493 e. The number of carbonyl (C=O) groups excluding carboxylic acids is 2.